The molecule has 0 saturated heterocycles. The van der Waals surface area contributed by atoms with E-state index in [1.807, 2.05) is 66.7 Å². The highest BCUT2D eigenvalue weighted by atomic mass is 35.5. The van der Waals surface area contributed by atoms with Crippen molar-refractivity contribution in [2.24, 2.45) is 10.7 Å². The fourth-order valence-corrected chi connectivity index (χ4v) is 4.78. The number of carbonyl (C=O) groups excluding carboxylic acids is 1. The summed E-state index contributed by atoms with van der Waals surface area (Å²) in [5.41, 5.74) is 11.4. The maximum Gasteiger partial charge on any atom is 0.330 e. The number of nitrogens with zero attached hydrogens (tertiary/aromatic N) is 1. The first-order chi connectivity index (χ1) is 19.4. The van der Waals surface area contributed by atoms with Gasteiger partial charge in [-0.05, 0) is 84.7 Å². The van der Waals surface area contributed by atoms with Gasteiger partial charge in [0.1, 0.15) is 18.1 Å². The number of esters is 1. The number of hydrogen-bond acceptors (Lipinski definition) is 6. The van der Waals surface area contributed by atoms with E-state index in [0.29, 0.717) is 17.3 Å². The zero-order chi connectivity index (χ0) is 28.3. The molecular weight excluding hydrogens is 524 g/mol. The van der Waals surface area contributed by atoms with Crippen LogP contribution in [0.4, 0.5) is 0 Å². The lowest BCUT2D eigenvalue weighted by atomic mass is 9.95. The summed E-state index contributed by atoms with van der Waals surface area (Å²) in [5.74, 6) is 1.04. The number of hydrogen-bond donors (Lipinski definition) is 1. The fourth-order valence-electron chi connectivity index (χ4n) is 4.65. The van der Waals surface area contributed by atoms with Crippen molar-refractivity contribution >= 4 is 23.3 Å². The third kappa shape index (κ3) is 8.23. The SMILES string of the molecule is COC(=O)/C=C/C(N)=CC(=NC1CCCCC1)c1ccc(OCc2cc(OC)ccc2-c2ccc(Cl)cc2)cc1. The van der Waals surface area contributed by atoms with Gasteiger partial charge >= 0.3 is 5.97 Å². The largest absolute Gasteiger partial charge is 0.497 e. The Kier molecular flexibility index (Phi) is 10.4. The first-order valence-electron chi connectivity index (χ1n) is 13.4. The highest BCUT2D eigenvalue weighted by Gasteiger charge is 2.14. The van der Waals surface area contributed by atoms with E-state index in [9.17, 15) is 4.79 Å². The molecule has 1 aliphatic carbocycles. The molecule has 0 aliphatic heterocycles. The van der Waals surface area contributed by atoms with Crippen LogP contribution in [0.5, 0.6) is 11.5 Å². The molecule has 7 heteroatoms. The normalized spacial score (nSPS) is 14.8. The van der Waals surface area contributed by atoms with Crippen LogP contribution in [0.2, 0.25) is 5.02 Å². The van der Waals surface area contributed by atoms with Gasteiger partial charge in [0.05, 0.1) is 26.0 Å². The summed E-state index contributed by atoms with van der Waals surface area (Å²) in [6, 6.07) is 21.8. The number of halogens is 1. The molecule has 0 spiro atoms. The Morgan fingerprint density at radius 3 is 2.33 bits per heavy atom. The summed E-state index contributed by atoms with van der Waals surface area (Å²) >= 11 is 6.09. The van der Waals surface area contributed by atoms with Crippen LogP contribution in [0.3, 0.4) is 0 Å². The van der Waals surface area contributed by atoms with Gasteiger partial charge in [-0.1, -0.05) is 49.1 Å². The van der Waals surface area contributed by atoms with Crippen molar-refractivity contribution in [3.8, 4) is 22.6 Å². The quantitative estimate of drug-likeness (QED) is 0.122. The van der Waals surface area contributed by atoms with Gasteiger partial charge in [0.25, 0.3) is 0 Å². The fraction of sp³-hybridized carbons (Fsp3) is 0.273. The minimum Gasteiger partial charge on any atom is -0.497 e. The van der Waals surface area contributed by atoms with Crippen LogP contribution < -0.4 is 15.2 Å². The van der Waals surface area contributed by atoms with E-state index < -0.39 is 5.97 Å². The first-order valence-corrected chi connectivity index (χ1v) is 13.8. The molecule has 1 fully saturated rings. The predicted molar refractivity (Wildman–Crippen MR) is 161 cm³/mol. The second-order valence-electron chi connectivity index (χ2n) is 9.65. The van der Waals surface area contributed by atoms with Crippen molar-refractivity contribution in [3.63, 3.8) is 0 Å². The Balaban J connectivity index is 1.54. The van der Waals surface area contributed by atoms with Crippen LogP contribution in [0.1, 0.15) is 43.2 Å². The number of rotatable bonds is 10. The monoisotopic (exact) mass is 558 g/mol. The lowest BCUT2D eigenvalue weighted by Gasteiger charge is -2.19. The lowest BCUT2D eigenvalue weighted by Crippen LogP contribution is -2.13. The van der Waals surface area contributed by atoms with E-state index in [4.69, 9.17) is 31.8 Å². The van der Waals surface area contributed by atoms with E-state index in [2.05, 4.69) is 4.74 Å². The van der Waals surface area contributed by atoms with E-state index >= 15 is 0 Å². The summed E-state index contributed by atoms with van der Waals surface area (Å²) in [7, 11) is 2.98. The van der Waals surface area contributed by atoms with Crippen LogP contribution in [-0.4, -0.2) is 31.9 Å². The molecule has 208 valence electrons. The van der Waals surface area contributed by atoms with Crippen LogP contribution in [0, 0.1) is 0 Å². The van der Waals surface area contributed by atoms with Gasteiger partial charge in [-0.3, -0.25) is 4.99 Å². The molecular formula is C33H35ClN2O4. The molecule has 0 bridgehead atoms. The van der Waals surface area contributed by atoms with E-state index in [1.54, 1.807) is 13.2 Å². The highest BCUT2D eigenvalue weighted by molar-refractivity contribution is 6.30. The second-order valence-corrected chi connectivity index (χ2v) is 10.1. The molecule has 3 aromatic rings. The summed E-state index contributed by atoms with van der Waals surface area (Å²) in [6.07, 6.45) is 10.4. The number of allylic oxidation sites excluding steroid dienone is 2. The molecule has 4 rings (SSSR count). The molecule has 0 heterocycles. The van der Waals surface area contributed by atoms with Crippen molar-refractivity contribution < 1.29 is 19.0 Å². The molecule has 1 saturated carbocycles. The summed E-state index contributed by atoms with van der Waals surface area (Å²) in [4.78, 5) is 16.5. The van der Waals surface area contributed by atoms with Crippen LogP contribution >= 0.6 is 11.6 Å². The first kappa shape index (κ1) is 29.0. The van der Waals surface area contributed by atoms with Crippen molar-refractivity contribution in [3.05, 3.63) is 107 Å². The maximum atomic E-state index is 11.5. The smallest absolute Gasteiger partial charge is 0.330 e. The number of methoxy groups -OCH3 is 2. The molecule has 2 N–H and O–H groups in total. The average molecular weight is 559 g/mol. The molecule has 0 unspecified atom stereocenters. The molecule has 40 heavy (non-hydrogen) atoms. The van der Waals surface area contributed by atoms with Gasteiger partial charge in [-0.25, -0.2) is 4.79 Å². The van der Waals surface area contributed by atoms with Crippen LogP contribution in [0.25, 0.3) is 11.1 Å². The topological polar surface area (TPSA) is 83.1 Å². The minimum absolute atomic E-state index is 0.257. The van der Waals surface area contributed by atoms with Crippen molar-refractivity contribution in [2.45, 2.75) is 44.8 Å². The molecule has 0 atom stereocenters. The van der Waals surface area contributed by atoms with Gasteiger partial charge in [0, 0.05) is 27.9 Å². The number of aliphatic imine (C=N–C) groups is 1. The molecule has 1 aliphatic rings. The standard InChI is InChI=1S/C33H35ClN2O4/c1-38-30-17-18-31(23-8-12-26(34)13-9-23)25(20-30)22-40-29-15-10-24(11-16-29)32(36-28-6-4-3-5-7-28)21-27(35)14-19-33(37)39-2/h8-21,28H,3-7,22,35H2,1-2H3/b19-14+,27-21?,36-32?. The summed E-state index contributed by atoms with van der Waals surface area (Å²) < 4.78 is 16.3. The Labute approximate surface area is 241 Å². The number of ether oxygens (including phenoxy) is 3. The van der Waals surface area contributed by atoms with Crippen LogP contribution in [0.15, 0.2) is 95.6 Å². The third-order valence-corrected chi connectivity index (χ3v) is 7.08. The number of carbonyl (C=O) groups is 1. The second kappa shape index (κ2) is 14.4. The van der Waals surface area contributed by atoms with Gasteiger partial charge in [0.2, 0.25) is 0 Å². The Morgan fingerprint density at radius 2 is 1.65 bits per heavy atom. The van der Waals surface area contributed by atoms with E-state index in [0.717, 1.165) is 52.3 Å². The zero-order valence-corrected chi connectivity index (χ0v) is 23.7. The molecule has 0 radical (unpaired) electrons. The van der Waals surface area contributed by atoms with E-state index in [-0.39, 0.29) is 6.04 Å². The van der Waals surface area contributed by atoms with Crippen molar-refractivity contribution in [1.82, 2.24) is 0 Å². The molecule has 0 amide bonds. The molecule has 3 aromatic carbocycles. The van der Waals surface area contributed by atoms with E-state index in [1.165, 1.54) is 38.5 Å². The molecule has 0 aromatic heterocycles. The Hall–Kier alpha value is -4.03. The van der Waals surface area contributed by atoms with Crippen molar-refractivity contribution in [1.29, 1.82) is 0 Å². The van der Waals surface area contributed by atoms with Crippen LogP contribution in [-0.2, 0) is 16.1 Å². The summed E-state index contributed by atoms with van der Waals surface area (Å²) in [6.45, 7) is 0.364. The zero-order valence-electron chi connectivity index (χ0n) is 22.9. The lowest BCUT2D eigenvalue weighted by molar-refractivity contribution is -0.134. The Morgan fingerprint density at radius 1 is 0.950 bits per heavy atom. The predicted octanol–water partition coefficient (Wildman–Crippen LogP) is 7.29. The Bertz CT molecular complexity index is 1370. The van der Waals surface area contributed by atoms with Gasteiger partial charge in [-0.2, -0.15) is 0 Å². The van der Waals surface area contributed by atoms with Gasteiger partial charge in [-0.15, -0.1) is 0 Å². The van der Waals surface area contributed by atoms with Crippen molar-refractivity contribution in [2.75, 3.05) is 14.2 Å². The summed E-state index contributed by atoms with van der Waals surface area (Å²) in [5, 5.41) is 0.692. The average Bonchev–Trinajstić information content (AvgIpc) is 2.99. The third-order valence-electron chi connectivity index (χ3n) is 6.82. The molecule has 6 nitrogen and oxygen atoms in total. The minimum atomic E-state index is -0.459. The highest BCUT2D eigenvalue weighted by Crippen LogP contribution is 2.30. The number of nitrogens with two attached hydrogens (primary N) is 1. The van der Waals surface area contributed by atoms with Gasteiger partial charge in [0.15, 0.2) is 0 Å². The number of benzene rings is 3. The van der Waals surface area contributed by atoms with Gasteiger partial charge < -0.3 is 19.9 Å². The maximum absolute atomic E-state index is 11.5.